The van der Waals surface area contributed by atoms with Gasteiger partial charge in [0.05, 0.1) is 29.6 Å². The molecule has 0 aliphatic carbocycles. The minimum Gasteiger partial charge on any atom is -0.490 e. The summed E-state index contributed by atoms with van der Waals surface area (Å²) in [5.74, 6) is 1.69. The lowest BCUT2D eigenvalue weighted by Crippen LogP contribution is -2.34. The fraction of sp³-hybridized carbons (Fsp3) is 0.375. The summed E-state index contributed by atoms with van der Waals surface area (Å²) < 4.78 is 12.2. The van der Waals surface area contributed by atoms with Crippen molar-refractivity contribution < 1.29 is 14.6 Å². The Labute approximate surface area is 176 Å². The van der Waals surface area contributed by atoms with Gasteiger partial charge in [-0.05, 0) is 37.1 Å². The van der Waals surface area contributed by atoms with Crippen LogP contribution in [0.15, 0.2) is 54.7 Å². The highest BCUT2D eigenvalue weighted by Gasteiger charge is 2.28. The minimum atomic E-state index is -0.383. The van der Waals surface area contributed by atoms with E-state index in [2.05, 4.69) is 33.0 Å². The molecule has 0 saturated carbocycles. The smallest absolute Gasteiger partial charge is 0.143 e. The second kappa shape index (κ2) is 8.13. The Morgan fingerprint density at radius 2 is 2.10 bits per heavy atom. The molecule has 2 aliphatic rings. The number of likely N-dealkylation sites (tertiary alicyclic amines) is 1. The highest BCUT2D eigenvalue weighted by Crippen LogP contribution is 2.40. The number of nitrogens with zero attached hydrogens (tertiary/aromatic N) is 3. The minimum absolute atomic E-state index is 0.0875. The normalized spacial score (nSPS) is 20.1. The van der Waals surface area contributed by atoms with Gasteiger partial charge in [0.2, 0.25) is 0 Å². The van der Waals surface area contributed by atoms with Gasteiger partial charge in [0.25, 0.3) is 0 Å². The van der Waals surface area contributed by atoms with Crippen LogP contribution in [0.1, 0.15) is 19.8 Å². The Morgan fingerprint density at radius 3 is 3.00 bits per heavy atom. The van der Waals surface area contributed by atoms with Crippen molar-refractivity contribution in [1.29, 1.82) is 0 Å². The Hall–Kier alpha value is -2.83. The average molecular weight is 405 g/mol. The number of benzene rings is 2. The van der Waals surface area contributed by atoms with E-state index in [1.54, 1.807) is 0 Å². The molecule has 0 amide bonds. The van der Waals surface area contributed by atoms with E-state index in [4.69, 9.17) is 9.47 Å². The van der Waals surface area contributed by atoms with Gasteiger partial charge in [-0.15, -0.1) is 0 Å². The number of aliphatic hydroxyl groups excluding tert-OH is 1. The average Bonchev–Trinajstić information content (AvgIpc) is 3.26. The molecule has 2 aliphatic heterocycles. The molecule has 3 aromatic rings. The van der Waals surface area contributed by atoms with Crippen molar-refractivity contribution in [1.82, 2.24) is 9.88 Å². The molecule has 2 atom stereocenters. The summed E-state index contributed by atoms with van der Waals surface area (Å²) in [5, 5.41) is 11.2. The first-order valence-electron chi connectivity index (χ1n) is 10.7. The molecule has 1 unspecified atom stereocenters. The number of hydrogen-bond donors (Lipinski definition) is 1. The van der Waals surface area contributed by atoms with Crippen LogP contribution in [-0.4, -0.2) is 53.6 Å². The maximum Gasteiger partial charge on any atom is 0.143 e. The quantitative estimate of drug-likeness (QED) is 0.694. The predicted molar refractivity (Wildman–Crippen MR) is 118 cm³/mol. The van der Waals surface area contributed by atoms with Crippen molar-refractivity contribution >= 4 is 22.3 Å². The molecule has 156 valence electrons. The van der Waals surface area contributed by atoms with E-state index in [1.807, 2.05) is 43.5 Å². The lowest BCUT2D eigenvalue weighted by Gasteiger charge is -2.31. The summed E-state index contributed by atoms with van der Waals surface area (Å²) in [5.41, 5.74) is 3.04. The van der Waals surface area contributed by atoms with E-state index in [-0.39, 0.29) is 12.3 Å². The number of anilines is 2. The molecule has 1 aromatic heterocycles. The summed E-state index contributed by atoms with van der Waals surface area (Å²) in [6.07, 6.45) is 3.28. The molecule has 5 rings (SSSR count). The first kappa shape index (κ1) is 19.2. The third-order valence-corrected chi connectivity index (χ3v) is 5.95. The molecule has 3 heterocycles. The van der Waals surface area contributed by atoms with Crippen molar-refractivity contribution in [3.05, 3.63) is 54.7 Å². The van der Waals surface area contributed by atoms with Crippen molar-refractivity contribution in [2.45, 2.75) is 32.1 Å². The molecule has 2 aromatic carbocycles. The third-order valence-electron chi connectivity index (χ3n) is 5.95. The second-order valence-electron chi connectivity index (χ2n) is 7.93. The zero-order chi connectivity index (χ0) is 20.5. The fourth-order valence-corrected chi connectivity index (χ4v) is 4.32. The molecule has 1 N–H and O–H groups in total. The van der Waals surface area contributed by atoms with Gasteiger partial charge < -0.3 is 19.5 Å². The molecule has 1 saturated heterocycles. The van der Waals surface area contributed by atoms with E-state index in [0.717, 1.165) is 66.3 Å². The zero-order valence-corrected chi connectivity index (χ0v) is 17.2. The van der Waals surface area contributed by atoms with Crippen LogP contribution < -0.4 is 14.4 Å². The molecule has 30 heavy (non-hydrogen) atoms. The molecule has 0 bridgehead atoms. The highest BCUT2D eigenvalue weighted by molar-refractivity contribution is 5.84. The molecular formula is C24H27N3O3. The van der Waals surface area contributed by atoms with Gasteiger partial charge in [-0.1, -0.05) is 25.1 Å². The van der Waals surface area contributed by atoms with Gasteiger partial charge >= 0.3 is 0 Å². The molecule has 1 fully saturated rings. The van der Waals surface area contributed by atoms with Crippen LogP contribution in [-0.2, 0) is 0 Å². The summed E-state index contributed by atoms with van der Waals surface area (Å²) in [6, 6.07) is 16.3. The molecule has 6 heteroatoms. The number of ether oxygens (including phenoxy) is 2. The molecular weight excluding hydrogens is 378 g/mol. The first-order chi connectivity index (χ1) is 14.7. The Bertz CT molecular complexity index is 1040. The van der Waals surface area contributed by atoms with Crippen molar-refractivity contribution in [3.8, 4) is 11.5 Å². The number of hydrogen-bond acceptors (Lipinski definition) is 6. The number of fused-ring (bicyclic) bond motifs is 2. The zero-order valence-electron chi connectivity index (χ0n) is 17.2. The Morgan fingerprint density at radius 1 is 1.20 bits per heavy atom. The van der Waals surface area contributed by atoms with Crippen LogP contribution in [0.4, 0.5) is 11.4 Å². The number of pyridine rings is 1. The summed E-state index contributed by atoms with van der Waals surface area (Å²) >= 11 is 0. The van der Waals surface area contributed by atoms with E-state index in [9.17, 15) is 5.11 Å². The monoisotopic (exact) mass is 405 g/mol. The van der Waals surface area contributed by atoms with Crippen LogP contribution in [0.2, 0.25) is 0 Å². The Balaban J connectivity index is 1.39. The van der Waals surface area contributed by atoms with E-state index >= 15 is 0 Å². The van der Waals surface area contributed by atoms with Crippen molar-refractivity contribution in [2.75, 3.05) is 31.1 Å². The number of para-hydroxylation sites is 1. The molecule has 0 spiro atoms. The van der Waals surface area contributed by atoms with Gasteiger partial charge in [0.1, 0.15) is 30.4 Å². The van der Waals surface area contributed by atoms with Crippen LogP contribution in [0.3, 0.4) is 0 Å². The van der Waals surface area contributed by atoms with Crippen molar-refractivity contribution in [3.63, 3.8) is 0 Å². The third kappa shape index (κ3) is 3.68. The SMILES string of the molecule is CCC(O)N1CC[C@H](Oc2ccc3c(c2)N(c2cnc4ccccc4c2)CCO3)C1. The Kier molecular flexibility index (Phi) is 5.19. The van der Waals surface area contributed by atoms with Crippen molar-refractivity contribution in [2.24, 2.45) is 0 Å². The summed E-state index contributed by atoms with van der Waals surface area (Å²) in [4.78, 5) is 8.95. The van der Waals surface area contributed by atoms with Crippen LogP contribution in [0.25, 0.3) is 10.9 Å². The van der Waals surface area contributed by atoms with Gasteiger partial charge in [-0.2, -0.15) is 0 Å². The maximum absolute atomic E-state index is 10.1. The number of rotatable bonds is 5. The highest BCUT2D eigenvalue weighted by atomic mass is 16.5. The predicted octanol–water partition coefficient (Wildman–Crippen LogP) is 3.95. The van der Waals surface area contributed by atoms with Gasteiger partial charge in [-0.25, -0.2) is 0 Å². The topological polar surface area (TPSA) is 58.1 Å². The summed E-state index contributed by atoms with van der Waals surface area (Å²) in [6.45, 7) is 5.00. The van der Waals surface area contributed by atoms with E-state index in [1.165, 1.54) is 0 Å². The molecule has 6 nitrogen and oxygen atoms in total. The van der Waals surface area contributed by atoms with Gasteiger partial charge in [-0.3, -0.25) is 9.88 Å². The van der Waals surface area contributed by atoms with Gasteiger partial charge in [0.15, 0.2) is 0 Å². The second-order valence-corrected chi connectivity index (χ2v) is 7.93. The van der Waals surface area contributed by atoms with Crippen LogP contribution >= 0.6 is 0 Å². The largest absolute Gasteiger partial charge is 0.490 e. The lowest BCUT2D eigenvalue weighted by molar-refractivity contribution is 0.0113. The maximum atomic E-state index is 10.1. The van der Waals surface area contributed by atoms with Crippen LogP contribution in [0.5, 0.6) is 11.5 Å². The molecule has 0 radical (unpaired) electrons. The fourth-order valence-electron chi connectivity index (χ4n) is 4.32. The first-order valence-corrected chi connectivity index (χ1v) is 10.7. The van der Waals surface area contributed by atoms with Gasteiger partial charge in [0, 0.05) is 24.5 Å². The van der Waals surface area contributed by atoms with E-state index in [0.29, 0.717) is 6.61 Å². The number of aromatic nitrogens is 1. The summed E-state index contributed by atoms with van der Waals surface area (Å²) in [7, 11) is 0. The number of aliphatic hydroxyl groups is 1. The van der Waals surface area contributed by atoms with E-state index < -0.39 is 0 Å². The lowest BCUT2D eigenvalue weighted by atomic mass is 10.1. The standard InChI is InChI=1S/C24H27N3O3/c1-2-24(28)26-10-9-20(16-26)30-19-7-8-23-22(14-19)27(11-12-29-23)18-13-17-5-3-4-6-21(17)25-15-18/h3-8,13-15,20,24,28H,2,9-12,16H2,1H3/t20-,24?/m0/s1. The van der Waals surface area contributed by atoms with Crippen LogP contribution in [0, 0.1) is 0 Å².